The van der Waals surface area contributed by atoms with Crippen LogP contribution < -0.4 is 4.90 Å². The molecule has 1 N–H and O–H groups in total. The second-order valence-corrected chi connectivity index (χ2v) is 7.45. The van der Waals surface area contributed by atoms with Crippen molar-refractivity contribution in [2.24, 2.45) is 0 Å². The average molecular weight is 390 g/mol. The highest BCUT2D eigenvalue weighted by Crippen LogP contribution is 2.39. The molecule has 29 heavy (non-hydrogen) atoms. The number of amides is 3. The van der Waals surface area contributed by atoms with Crippen LogP contribution in [-0.2, 0) is 16.0 Å². The molecule has 148 valence electrons. The van der Waals surface area contributed by atoms with Crippen molar-refractivity contribution in [1.82, 2.24) is 4.90 Å². The van der Waals surface area contributed by atoms with E-state index in [2.05, 4.69) is 0 Å². The zero-order chi connectivity index (χ0) is 20.5. The van der Waals surface area contributed by atoms with Gasteiger partial charge in [0.2, 0.25) is 0 Å². The Morgan fingerprint density at radius 3 is 2.66 bits per heavy atom. The van der Waals surface area contributed by atoms with Gasteiger partial charge in [0.25, 0.3) is 5.91 Å². The fraction of sp³-hybridized carbons (Fsp3) is 0.261. The maximum absolute atomic E-state index is 13.0. The van der Waals surface area contributed by atoms with E-state index in [9.17, 15) is 14.4 Å². The number of fused-ring (bicyclic) bond motifs is 1. The molecule has 6 nitrogen and oxygen atoms in total. The van der Waals surface area contributed by atoms with E-state index in [4.69, 9.17) is 5.11 Å². The lowest BCUT2D eigenvalue weighted by Crippen LogP contribution is -2.34. The molecule has 0 saturated carbocycles. The van der Waals surface area contributed by atoms with E-state index in [0.717, 1.165) is 35.1 Å². The largest absolute Gasteiger partial charge is 0.388 e. The first-order valence-electron chi connectivity index (χ1n) is 9.63. The van der Waals surface area contributed by atoms with Gasteiger partial charge in [-0.2, -0.15) is 0 Å². The van der Waals surface area contributed by atoms with Gasteiger partial charge in [-0.25, -0.2) is 9.69 Å². The van der Waals surface area contributed by atoms with Crippen LogP contribution in [0.25, 0.3) is 6.08 Å². The summed E-state index contributed by atoms with van der Waals surface area (Å²) in [6, 6.07) is 12.8. The fourth-order valence-electron chi connectivity index (χ4n) is 4.00. The third kappa shape index (κ3) is 3.59. The van der Waals surface area contributed by atoms with Gasteiger partial charge in [-0.15, -0.1) is 0 Å². The molecule has 2 aromatic carbocycles. The third-order valence-electron chi connectivity index (χ3n) is 5.49. The Hall–Kier alpha value is -3.25. The van der Waals surface area contributed by atoms with Crippen molar-refractivity contribution in [3.05, 3.63) is 70.8 Å². The van der Waals surface area contributed by atoms with Crippen molar-refractivity contribution in [2.45, 2.75) is 25.8 Å². The number of aryl methyl sites for hydroxylation is 2. The third-order valence-corrected chi connectivity index (χ3v) is 5.49. The molecule has 0 bridgehead atoms. The van der Waals surface area contributed by atoms with Crippen molar-refractivity contribution >= 4 is 29.5 Å². The molecule has 6 heteroatoms. The normalized spacial score (nSPS) is 18.8. The summed E-state index contributed by atoms with van der Waals surface area (Å²) in [7, 11) is 0. The van der Waals surface area contributed by atoms with Crippen LogP contribution in [0.3, 0.4) is 0 Å². The highest BCUT2D eigenvalue weighted by molar-refractivity contribution is 6.19. The van der Waals surface area contributed by atoms with Crippen molar-refractivity contribution in [2.75, 3.05) is 18.1 Å². The van der Waals surface area contributed by atoms with E-state index in [1.807, 2.05) is 37.3 Å². The second-order valence-electron chi connectivity index (χ2n) is 7.45. The predicted molar refractivity (Wildman–Crippen MR) is 109 cm³/mol. The van der Waals surface area contributed by atoms with Gasteiger partial charge in [-0.3, -0.25) is 9.59 Å². The number of ketones is 1. The first-order valence-corrected chi connectivity index (χ1v) is 9.63. The molecular weight excluding hydrogens is 368 g/mol. The van der Waals surface area contributed by atoms with Crippen LogP contribution in [0.1, 0.15) is 34.7 Å². The van der Waals surface area contributed by atoms with E-state index in [1.54, 1.807) is 23.1 Å². The van der Waals surface area contributed by atoms with E-state index in [-0.39, 0.29) is 30.3 Å². The Bertz CT molecular complexity index is 1010. The zero-order valence-corrected chi connectivity index (χ0v) is 16.2. The van der Waals surface area contributed by atoms with Crippen molar-refractivity contribution in [1.29, 1.82) is 0 Å². The minimum absolute atomic E-state index is 0.0729. The molecule has 4 rings (SSSR count). The number of carbonyl (C=O) groups is 3. The molecule has 1 atom stereocenters. The average Bonchev–Trinajstić information content (AvgIpc) is 3.26. The summed E-state index contributed by atoms with van der Waals surface area (Å²) in [5.74, 6) is -0.560. The monoisotopic (exact) mass is 390 g/mol. The summed E-state index contributed by atoms with van der Waals surface area (Å²) in [5, 5.41) is 8.82. The van der Waals surface area contributed by atoms with Crippen molar-refractivity contribution in [3.63, 3.8) is 0 Å². The van der Waals surface area contributed by atoms with Crippen LogP contribution in [0.5, 0.6) is 0 Å². The number of aliphatic hydroxyl groups excluding tert-OH is 1. The minimum atomic E-state index is -0.508. The number of hydrogen-bond donors (Lipinski definition) is 1. The Labute approximate surface area is 169 Å². The van der Waals surface area contributed by atoms with E-state index < -0.39 is 6.61 Å². The topological polar surface area (TPSA) is 77.9 Å². The standard InChI is InChI=1S/C23H22N2O4/c1-15-2-7-18(8-3-15)25-22(28)13-24(23(25)29)21-11-6-17-12-16(5-10-20(17)21)4-9-19(27)14-26/h2-5,7-10,12,21,26H,6,11,13-14H2,1H3/b9-4+. The number of imide groups is 1. The summed E-state index contributed by atoms with van der Waals surface area (Å²) >= 11 is 0. The number of benzene rings is 2. The zero-order valence-electron chi connectivity index (χ0n) is 16.2. The quantitative estimate of drug-likeness (QED) is 0.629. The lowest BCUT2D eigenvalue weighted by Gasteiger charge is -2.24. The number of carbonyl (C=O) groups excluding carboxylic acids is 3. The van der Waals surface area contributed by atoms with Crippen LogP contribution in [0, 0.1) is 6.92 Å². The smallest absolute Gasteiger partial charge is 0.332 e. The fourth-order valence-corrected chi connectivity index (χ4v) is 4.00. The highest BCUT2D eigenvalue weighted by Gasteiger charge is 2.42. The Balaban J connectivity index is 1.56. The maximum Gasteiger partial charge on any atom is 0.332 e. The summed E-state index contributed by atoms with van der Waals surface area (Å²) in [5.41, 5.74) is 4.70. The van der Waals surface area contributed by atoms with Crippen LogP contribution >= 0.6 is 0 Å². The summed E-state index contributed by atoms with van der Waals surface area (Å²) < 4.78 is 0. The SMILES string of the molecule is Cc1ccc(N2C(=O)CN(C3CCc4cc(/C=C/C(=O)CO)ccc43)C2=O)cc1. The summed E-state index contributed by atoms with van der Waals surface area (Å²) in [6.45, 7) is 1.53. The van der Waals surface area contributed by atoms with Crippen molar-refractivity contribution < 1.29 is 19.5 Å². The van der Waals surface area contributed by atoms with Gasteiger partial charge >= 0.3 is 6.03 Å². The maximum atomic E-state index is 13.0. The van der Waals surface area contributed by atoms with Gasteiger partial charge < -0.3 is 10.0 Å². The predicted octanol–water partition coefficient (Wildman–Crippen LogP) is 3.03. The lowest BCUT2D eigenvalue weighted by atomic mass is 10.0. The molecule has 1 saturated heterocycles. The number of anilines is 1. The molecule has 2 aromatic rings. The van der Waals surface area contributed by atoms with Gasteiger partial charge in [0, 0.05) is 0 Å². The number of aliphatic hydroxyl groups is 1. The number of nitrogens with zero attached hydrogens (tertiary/aromatic N) is 2. The van der Waals surface area contributed by atoms with Crippen LogP contribution in [0.2, 0.25) is 0 Å². The molecule has 1 unspecified atom stereocenters. The molecule has 1 heterocycles. The van der Waals surface area contributed by atoms with Crippen LogP contribution in [0.15, 0.2) is 48.5 Å². The van der Waals surface area contributed by atoms with E-state index in [0.29, 0.717) is 5.69 Å². The van der Waals surface area contributed by atoms with Gasteiger partial charge in [-0.05, 0) is 54.7 Å². The molecule has 3 amide bonds. The number of rotatable bonds is 5. The van der Waals surface area contributed by atoms with Crippen molar-refractivity contribution in [3.8, 4) is 0 Å². The first-order chi connectivity index (χ1) is 14.0. The van der Waals surface area contributed by atoms with Gasteiger partial charge in [0.15, 0.2) is 5.78 Å². The molecule has 1 fully saturated rings. The molecule has 0 radical (unpaired) electrons. The molecule has 1 aliphatic heterocycles. The van der Waals surface area contributed by atoms with Crippen LogP contribution in [0.4, 0.5) is 10.5 Å². The minimum Gasteiger partial charge on any atom is -0.388 e. The molecule has 1 aliphatic carbocycles. The first kappa shape index (κ1) is 19.1. The summed E-state index contributed by atoms with van der Waals surface area (Å²) in [4.78, 5) is 39.8. The van der Waals surface area contributed by atoms with E-state index >= 15 is 0 Å². The Kier molecular flexibility index (Phi) is 5.03. The van der Waals surface area contributed by atoms with Gasteiger partial charge in [0.05, 0.1) is 11.7 Å². The van der Waals surface area contributed by atoms with Gasteiger partial charge in [-0.1, -0.05) is 42.0 Å². The lowest BCUT2D eigenvalue weighted by molar-refractivity contribution is -0.117. The second kappa shape index (κ2) is 7.64. The summed E-state index contributed by atoms with van der Waals surface area (Å²) in [6.07, 6.45) is 4.60. The highest BCUT2D eigenvalue weighted by atomic mass is 16.3. The molecule has 0 spiro atoms. The van der Waals surface area contributed by atoms with Crippen LogP contribution in [-0.4, -0.2) is 40.9 Å². The van der Waals surface area contributed by atoms with E-state index in [1.165, 1.54) is 11.0 Å². The molecular formula is C23H22N2O4. The molecule has 0 aromatic heterocycles. The Morgan fingerprint density at radius 1 is 1.17 bits per heavy atom. The molecule has 2 aliphatic rings. The Morgan fingerprint density at radius 2 is 1.93 bits per heavy atom. The van der Waals surface area contributed by atoms with Gasteiger partial charge in [0.1, 0.15) is 13.2 Å². The number of hydrogen-bond acceptors (Lipinski definition) is 4. The number of urea groups is 1.